The molecule has 1 amide bonds. The molecule has 2 fully saturated rings. The fourth-order valence-corrected chi connectivity index (χ4v) is 2.82. The number of amides is 1. The molecule has 0 aliphatic carbocycles. The standard InChI is InChI=1S/C11H19NO3/c1-2-15-7-11(14)12-8-3-4-9(12)6-10(13)5-8/h8-10,13H,2-7H2,1H3. The number of hydrogen-bond acceptors (Lipinski definition) is 3. The molecule has 2 saturated heterocycles. The third kappa shape index (κ3) is 2.16. The molecule has 0 radical (unpaired) electrons. The summed E-state index contributed by atoms with van der Waals surface area (Å²) in [5.74, 6) is 0.0938. The van der Waals surface area contributed by atoms with Crippen LogP contribution in [0.5, 0.6) is 0 Å². The Morgan fingerprint density at radius 2 is 2.00 bits per heavy atom. The second kappa shape index (κ2) is 4.49. The molecule has 86 valence electrons. The van der Waals surface area contributed by atoms with Crippen LogP contribution in [0.1, 0.15) is 32.6 Å². The number of fused-ring (bicyclic) bond motifs is 2. The minimum atomic E-state index is -0.210. The van der Waals surface area contributed by atoms with Gasteiger partial charge in [0.25, 0.3) is 0 Å². The van der Waals surface area contributed by atoms with Crippen LogP contribution < -0.4 is 0 Å². The second-order valence-corrected chi connectivity index (χ2v) is 4.45. The van der Waals surface area contributed by atoms with Gasteiger partial charge >= 0.3 is 0 Å². The molecule has 2 rings (SSSR count). The lowest BCUT2D eigenvalue weighted by Gasteiger charge is -2.37. The molecule has 2 bridgehead atoms. The first-order chi connectivity index (χ1) is 7.22. The van der Waals surface area contributed by atoms with Gasteiger partial charge < -0.3 is 14.7 Å². The average Bonchev–Trinajstić information content (AvgIpc) is 2.48. The molecule has 0 aromatic carbocycles. The Balaban J connectivity index is 1.95. The predicted octanol–water partition coefficient (Wildman–Crippen LogP) is 0.537. The third-order valence-corrected chi connectivity index (χ3v) is 3.43. The van der Waals surface area contributed by atoms with Gasteiger partial charge in [0.05, 0.1) is 6.10 Å². The van der Waals surface area contributed by atoms with Gasteiger partial charge in [0.1, 0.15) is 6.61 Å². The van der Waals surface area contributed by atoms with E-state index in [1.807, 2.05) is 11.8 Å². The number of carbonyl (C=O) groups excluding carboxylic acids is 1. The van der Waals surface area contributed by atoms with E-state index in [4.69, 9.17) is 4.74 Å². The van der Waals surface area contributed by atoms with Gasteiger partial charge in [-0.05, 0) is 32.6 Å². The molecule has 2 aliphatic heterocycles. The Kier molecular flexibility index (Phi) is 3.26. The number of nitrogens with zero attached hydrogens (tertiary/aromatic N) is 1. The third-order valence-electron chi connectivity index (χ3n) is 3.43. The van der Waals surface area contributed by atoms with Gasteiger partial charge in [-0.1, -0.05) is 0 Å². The van der Waals surface area contributed by atoms with Crippen LogP contribution >= 0.6 is 0 Å². The molecule has 0 aromatic rings. The van der Waals surface area contributed by atoms with E-state index in [1.54, 1.807) is 0 Å². The van der Waals surface area contributed by atoms with Gasteiger partial charge in [-0.2, -0.15) is 0 Å². The zero-order valence-corrected chi connectivity index (χ0v) is 9.19. The summed E-state index contributed by atoms with van der Waals surface area (Å²) in [4.78, 5) is 13.8. The van der Waals surface area contributed by atoms with Crippen molar-refractivity contribution in [1.82, 2.24) is 4.90 Å². The van der Waals surface area contributed by atoms with E-state index < -0.39 is 0 Å². The fourth-order valence-electron chi connectivity index (χ4n) is 2.82. The van der Waals surface area contributed by atoms with E-state index in [-0.39, 0.29) is 30.7 Å². The summed E-state index contributed by atoms with van der Waals surface area (Å²) in [6, 6.07) is 0.512. The summed E-state index contributed by atoms with van der Waals surface area (Å²) < 4.78 is 5.15. The number of ether oxygens (including phenoxy) is 1. The lowest BCUT2D eigenvalue weighted by atomic mass is 10.00. The maximum absolute atomic E-state index is 11.8. The summed E-state index contributed by atoms with van der Waals surface area (Å²) in [7, 11) is 0. The first-order valence-electron chi connectivity index (χ1n) is 5.79. The van der Waals surface area contributed by atoms with Crippen molar-refractivity contribution < 1.29 is 14.6 Å². The van der Waals surface area contributed by atoms with E-state index in [0.717, 1.165) is 25.7 Å². The van der Waals surface area contributed by atoms with Crippen LogP contribution in [0.15, 0.2) is 0 Å². The maximum atomic E-state index is 11.8. The number of aliphatic hydroxyl groups is 1. The SMILES string of the molecule is CCOCC(=O)N1C2CCC1CC(O)C2. The van der Waals surface area contributed by atoms with Gasteiger partial charge in [0.2, 0.25) is 5.91 Å². The Hall–Kier alpha value is -0.610. The fraction of sp³-hybridized carbons (Fsp3) is 0.909. The van der Waals surface area contributed by atoms with Crippen molar-refractivity contribution >= 4 is 5.91 Å². The van der Waals surface area contributed by atoms with E-state index in [0.29, 0.717) is 6.61 Å². The Morgan fingerprint density at radius 3 is 2.53 bits per heavy atom. The molecule has 2 atom stereocenters. The molecule has 0 spiro atoms. The molecular formula is C11H19NO3. The van der Waals surface area contributed by atoms with Gasteiger partial charge in [-0.3, -0.25) is 4.79 Å². The minimum Gasteiger partial charge on any atom is -0.393 e. The first kappa shape index (κ1) is 10.9. The molecule has 2 unspecified atom stereocenters. The maximum Gasteiger partial charge on any atom is 0.249 e. The number of rotatable bonds is 3. The van der Waals surface area contributed by atoms with Crippen LogP contribution in [0.3, 0.4) is 0 Å². The van der Waals surface area contributed by atoms with Crippen LogP contribution in [0.2, 0.25) is 0 Å². The predicted molar refractivity (Wildman–Crippen MR) is 55.4 cm³/mol. The monoisotopic (exact) mass is 213 g/mol. The van der Waals surface area contributed by atoms with E-state index in [2.05, 4.69) is 0 Å². The lowest BCUT2D eigenvalue weighted by molar-refractivity contribution is -0.142. The van der Waals surface area contributed by atoms with Gasteiger partial charge in [-0.15, -0.1) is 0 Å². The first-order valence-corrected chi connectivity index (χ1v) is 5.79. The minimum absolute atomic E-state index is 0.0938. The summed E-state index contributed by atoms with van der Waals surface area (Å²) in [6.45, 7) is 2.67. The highest BCUT2D eigenvalue weighted by atomic mass is 16.5. The van der Waals surface area contributed by atoms with E-state index >= 15 is 0 Å². The van der Waals surface area contributed by atoms with Crippen molar-refractivity contribution in [3.63, 3.8) is 0 Å². The summed E-state index contributed by atoms with van der Waals surface area (Å²) in [6.07, 6.45) is 3.36. The smallest absolute Gasteiger partial charge is 0.249 e. The van der Waals surface area contributed by atoms with Crippen molar-refractivity contribution in [2.45, 2.75) is 50.8 Å². The van der Waals surface area contributed by atoms with Crippen molar-refractivity contribution in [3.8, 4) is 0 Å². The van der Waals surface area contributed by atoms with Crippen molar-refractivity contribution in [3.05, 3.63) is 0 Å². The van der Waals surface area contributed by atoms with Crippen molar-refractivity contribution in [1.29, 1.82) is 0 Å². The largest absolute Gasteiger partial charge is 0.393 e. The second-order valence-electron chi connectivity index (χ2n) is 4.45. The summed E-state index contributed by atoms with van der Waals surface area (Å²) in [5.41, 5.74) is 0. The van der Waals surface area contributed by atoms with E-state index in [9.17, 15) is 9.90 Å². The molecule has 15 heavy (non-hydrogen) atoms. The highest BCUT2D eigenvalue weighted by molar-refractivity contribution is 5.78. The summed E-state index contributed by atoms with van der Waals surface area (Å²) in [5, 5.41) is 9.60. The lowest BCUT2D eigenvalue weighted by Crippen LogP contribution is -2.49. The number of aliphatic hydroxyl groups excluding tert-OH is 1. The molecule has 2 heterocycles. The van der Waals surface area contributed by atoms with Crippen LogP contribution in [0, 0.1) is 0 Å². The van der Waals surface area contributed by atoms with E-state index in [1.165, 1.54) is 0 Å². The Morgan fingerprint density at radius 1 is 1.40 bits per heavy atom. The Labute approximate surface area is 90.2 Å². The van der Waals surface area contributed by atoms with Crippen LogP contribution in [0.25, 0.3) is 0 Å². The molecule has 0 aromatic heterocycles. The van der Waals surface area contributed by atoms with Crippen LogP contribution in [-0.2, 0) is 9.53 Å². The number of carbonyl (C=O) groups is 1. The molecule has 2 aliphatic rings. The molecule has 4 heteroatoms. The zero-order valence-electron chi connectivity index (χ0n) is 9.19. The zero-order chi connectivity index (χ0) is 10.8. The van der Waals surface area contributed by atoms with Gasteiger partial charge in [0.15, 0.2) is 0 Å². The van der Waals surface area contributed by atoms with Gasteiger partial charge in [-0.25, -0.2) is 0 Å². The molecule has 4 nitrogen and oxygen atoms in total. The molecule has 1 N–H and O–H groups in total. The number of hydrogen-bond donors (Lipinski definition) is 1. The van der Waals surface area contributed by atoms with Gasteiger partial charge in [0, 0.05) is 18.7 Å². The van der Waals surface area contributed by atoms with Crippen molar-refractivity contribution in [2.75, 3.05) is 13.2 Å². The quantitative estimate of drug-likeness (QED) is 0.744. The highest BCUT2D eigenvalue weighted by Gasteiger charge is 2.42. The topological polar surface area (TPSA) is 49.8 Å². The number of piperidine rings is 1. The average molecular weight is 213 g/mol. The van der Waals surface area contributed by atoms with Crippen LogP contribution in [-0.4, -0.2) is 47.3 Å². The Bertz CT molecular complexity index is 230. The molecular weight excluding hydrogens is 194 g/mol. The highest BCUT2D eigenvalue weighted by Crippen LogP contribution is 2.35. The summed E-state index contributed by atoms with van der Waals surface area (Å²) >= 11 is 0. The normalized spacial score (nSPS) is 34.5. The van der Waals surface area contributed by atoms with Crippen molar-refractivity contribution in [2.24, 2.45) is 0 Å². The van der Waals surface area contributed by atoms with Crippen LogP contribution in [0.4, 0.5) is 0 Å². The molecule has 0 saturated carbocycles.